The Morgan fingerprint density at radius 1 is 0.931 bits per heavy atom. The Kier molecular flexibility index (Phi) is 3.76. The van der Waals surface area contributed by atoms with Gasteiger partial charge in [0.1, 0.15) is 0 Å². The molecule has 0 saturated heterocycles. The molecule has 0 spiro atoms. The van der Waals surface area contributed by atoms with Crippen molar-refractivity contribution < 1.29 is 0 Å². The molecule has 0 bridgehead atoms. The summed E-state index contributed by atoms with van der Waals surface area (Å²) in [6.45, 7) is 0.638. The van der Waals surface area contributed by atoms with Crippen molar-refractivity contribution in [3.63, 3.8) is 0 Å². The average Bonchev–Trinajstić information content (AvgIpc) is 3.29. The van der Waals surface area contributed by atoms with Gasteiger partial charge in [-0.05, 0) is 41.8 Å². The van der Waals surface area contributed by atoms with E-state index in [9.17, 15) is 0 Å². The van der Waals surface area contributed by atoms with Crippen LogP contribution in [0.4, 0.5) is 5.69 Å². The molecule has 2 aliphatic heterocycles. The summed E-state index contributed by atoms with van der Waals surface area (Å²) >= 11 is 1.97. The normalized spacial score (nSPS) is 19.5. The SMILES string of the molecule is C#CCN1c2ccccc2C[C@H]2c3c(n(-c4ccccc4)c4ccccc34)S[C@H]21. The van der Waals surface area contributed by atoms with Gasteiger partial charge < -0.3 is 9.47 Å². The van der Waals surface area contributed by atoms with Gasteiger partial charge in [-0.3, -0.25) is 0 Å². The highest BCUT2D eigenvalue weighted by Gasteiger charge is 2.44. The number of fused-ring (bicyclic) bond motifs is 6. The van der Waals surface area contributed by atoms with E-state index >= 15 is 0 Å². The predicted molar refractivity (Wildman–Crippen MR) is 122 cm³/mol. The molecule has 0 fully saturated rings. The molecule has 4 aromatic rings. The molecule has 3 heteroatoms. The molecule has 1 aromatic heterocycles. The molecule has 3 aromatic carbocycles. The van der Waals surface area contributed by atoms with E-state index in [1.54, 1.807) is 0 Å². The topological polar surface area (TPSA) is 8.17 Å². The van der Waals surface area contributed by atoms with Gasteiger partial charge in [0.2, 0.25) is 0 Å². The first kappa shape index (κ1) is 16.8. The first-order valence-electron chi connectivity index (χ1n) is 10.0. The largest absolute Gasteiger partial charge is 0.347 e. The van der Waals surface area contributed by atoms with Gasteiger partial charge in [-0.25, -0.2) is 0 Å². The summed E-state index contributed by atoms with van der Waals surface area (Å²) in [5, 5.41) is 3.07. The zero-order chi connectivity index (χ0) is 19.4. The molecule has 2 atom stereocenters. The summed E-state index contributed by atoms with van der Waals surface area (Å²) < 4.78 is 2.44. The summed E-state index contributed by atoms with van der Waals surface area (Å²) in [5.41, 5.74) is 6.68. The van der Waals surface area contributed by atoms with Gasteiger partial charge >= 0.3 is 0 Å². The van der Waals surface area contributed by atoms with Gasteiger partial charge in [0, 0.05) is 22.7 Å². The highest BCUT2D eigenvalue weighted by molar-refractivity contribution is 8.00. The summed E-state index contributed by atoms with van der Waals surface area (Å²) in [5.74, 6) is 3.34. The van der Waals surface area contributed by atoms with Gasteiger partial charge in [-0.2, -0.15) is 0 Å². The van der Waals surface area contributed by atoms with Crippen molar-refractivity contribution in [2.75, 3.05) is 11.4 Å². The van der Waals surface area contributed by atoms with E-state index in [0.29, 0.717) is 17.8 Å². The third kappa shape index (κ3) is 2.39. The van der Waals surface area contributed by atoms with Crippen LogP contribution in [0, 0.1) is 12.3 Å². The van der Waals surface area contributed by atoms with Crippen molar-refractivity contribution in [2.24, 2.45) is 0 Å². The molecule has 140 valence electrons. The van der Waals surface area contributed by atoms with Crippen LogP contribution < -0.4 is 4.90 Å². The standard InChI is InChI=1S/C26H20N2S/c1-2-16-27-22-14-8-6-10-18(22)17-21-24-20-13-7-9-15-23(20)28(26(24)29-25(21)27)19-11-4-3-5-12-19/h1,3-15,21,25H,16-17H2/t21-,25+/m0/s1. The number of aromatic nitrogens is 1. The number of benzene rings is 3. The van der Waals surface area contributed by atoms with Gasteiger partial charge in [0.25, 0.3) is 0 Å². The zero-order valence-electron chi connectivity index (χ0n) is 16.0. The van der Waals surface area contributed by atoms with Crippen LogP contribution in [0.3, 0.4) is 0 Å². The van der Waals surface area contributed by atoms with Gasteiger partial charge in [-0.1, -0.05) is 72.3 Å². The zero-order valence-corrected chi connectivity index (χ0v) is 16.8. The van der Waals surface area contributed by atoms with E-state index < -0.39 is 0 Å². The molecular weight excluding hydrogens is 372 g/mol. The van der Waals surface area contributed by atoms with E-state index in [0.717, 1.165) is 6.42 Å². The maximum absolute atomic E-state index is 5.79. The van der Waals surface area contributed by atoms with Crippen molar-refractivity contribution in [3.8, 4) is 18.0 Å². The number of hydrogen-bond acceptors (Lipinski definition) is 2. The summed E-state index contributed by atoms with van der Waals surface area (Å²) in [6.07, 6.45) is 6.85. The maximum Gasteiger partial charge on any atom is 0.0894 e. The molecule has 0 radical (unpaired) electrons. The van der Waals surface area contributed by atoms with Crippen molar-refractivity contribution in [1.82, 2.24) is 4.57 Å². The molecule has 0 saturated carbocycles. The van der Waals surface area contributed by atoms with Crippen molar-refractivity contribution >= 4 is 28.4 Å². The van der Waals surface area contributed by atoms with Gasteiger partial charge in [0.15, 0.2) is 0 Å². The summed E-state index contributed by atoms with van der Waals surface area (Å²) in [7, 11) is 0. The molecular formula is C26H20N2S. The van der Waals surface area contributed by atoms with E-state index in [4.69, 9.17) is 6.42 Å². The fourth-order valence-electron chi connectivity index (χ4n) is 4.98. The lowest BCUT2D eigenvalue weighted by Gasteiger charge is -2.39. The maximum atomic E-state index is 5.79. The Labute approximate surface area is 175 Å². The second-order valence-electron chi connectivity index (χ2n) is 7.69. The Hall–Kier alpha value is -3.09. The lowest BCUT2D eigenvalue weighted by atomic mass is 9.87. The highest BCUT2D eigenvalue weighted by Crippen LogP contribution is 2.56. The molecule has 3 heterocycles. The number of rotatable bonds is 2. The quantitative estimate of drug-likeness (QED) is 0.396. The van der Waals surface area contributed by atoms with Crippen LogP contribution in [0.5, 0.6) is 0 Å². The third-order valence-electron chi connectivity index (χ3n) is 6.14. The Bertz CT molecular complexity index is 1270. The first-order valence-corrected chi connectivity index (χ1v) is 10.9. The minimum absolute atomic E-state index is 0.338. The molecule has 0 N–H and O–H groups in total. The van der Waals surface area contributed by atoms with Crippen LogP contribution in [-0.4, -0.2) is 16.5 Å². The highest BCUT2D eigenvalue weighted by atomic mass is 32.2. The monoisotopic (exact) mass is 392 g/mol. The Morgan fingerprint density at radius 2 is 1.69 bits per heavy atom. The number of terminal acetylenes is 1. The van der Waals surface area contributed by atoms with Crippen molar-refractivity contribution in [1.29, 1.82) is 0 Å². The molecule has 0 unspecified atom stereocenters. The fraction of sp³-hybridized carbons (Fsp3) is 0.154. The Balaban J connectivity index is 1.59. The molecule has 6 rings (SSSR count). The second kappa shape index (κ2) is 6.47. The van der Waals surface area contributed by atoms with E-state index in [2.05, 4.69) is 94.3 Å². The van der Waals surface area contributed by atoms with Crippen LogP contribution in [0.2, 0.25) is 0 Å². The van der Waals surface area contributed by atoms with Crippen molar-refractivity contribution in [2.45, 2.75) is 22.7 Å². The van der Waals surface area contributed by atoms with Crippen LogP contribution in [0.15, 0.2) is 83.9 Å². The Morgan fingerprint density at radius 3 is 2.55 bits per heavy atom. The number of nitrogens with zero attached hydrogens (tertiary/aromatic N) is 2. The number of thioether (sulfide) groups is 1. The second-order valence-corrected chi connectivity index (χ2v) is 8.79. The average molecular weight is 393 g/mol. The van der Waals surface area contributed by atoms with E-state index in [1.807, 2.05) is 11.8 Å². The molecule has 2 aliphatic rings. The minimum Gasteiger partial charge on any atom is -0.347 e. The molecule has 29 heavy (non-hydrogen) atoms. The summed E-state index contributed by atoms with van der Waals surface area (Å²) in [4.78, 5) is 2.43. The molecule has 0 aliphatic carbocycles. The minimum atomic E-state index is 0.338. The molecule has 2 nitrogen and oxygen atoms in total. The van der Waals surface area contributed by atoms with Crippen LogP contribution in [-0.2, 0) is 6.42 Å². The number of para-hydroxylation sites is 3. The fourth-order valence-corrected chi connectivity index (χ4v) is 6.62. The van der Waals surface area contributed by atoms with Gasteiger partial charge in [-0.15, -0.1) is 6.42 Å². The predicted octanol–water partition coefficient (Wildman–Crippen LogP) is 5.84. The lowest BCUT2D eigenvalue weighted by Crippen LogP contribution is -2.40. The summed E-state index contributed by atoms with van der Waals surface area (Å²) in [6, 6.07) is 28.3. The lowest BCUT2D eigenvalue weighted by molar-refractivity contribution is 0.603. The van der Waals surface area contributed by atoms with Crippen LogP contribution >= 0.6 is 11.8 Å². The number of anilines is 1. The van der Waals surface area contributed by atoms with Gasteiger partial charge in [0.05, 0.1) is 22.5 Å². The first-order chi connectivity index (χ1) is 14.4. The smallest absolute Gasteiger partial charge is 0.0894 e. The van der Waals surface area contributed by atoms with Crippen molar-refractivity contribution in [3.05, 3.63) is 90.0 Å². The van der Waals surface area contributed by atoms with Crippen LogP contribution in [0.25, 0.3) is 16.6 Å². The third-order valence-corrected chi connectivity index (χ3v) is 7.59. The number of hydrogen-bond donors (Lipinski definition) is 0. The molecule has 0 amide bonds. The van der Waals surface area contributed by atoms with Crippen LogP contribution in [0.1, 0.15) is 17.0 Å². The van der Waals surface area contributed by atoms with E-state index in [-0.39, 0.29) is 0 Å². The van der Waals surface area contributed by atoms with E-state index in [1.165, 1.54) is 38.4 Å².